The number of halogens is 30. The van der Waals surface area contributed by atoms with E-state index in [1.807, 2.05) is 0 Å². The molecule has 0 spiro atoms. The van der Waals surface area contributed by atoms with E-state index < -0.39 is 376 Å². The highest BCUT2D eigenvalue weighted by atomic mass is 19.2. The molecule has 0 amide bonds. The Labute approximate surface area is 753 Å². The predicted octanol–water partition coefficient (Wildman–Crippen LogP) is 24.2. The summed E-state index contributed by atoms with van der Waals surface area (Å²) in [5, 5.41) is -1.67. The van der Waals surface area contributed by atoms with E-state index in [0.717, 1.165) is 72.8 Å². The first-order valence-corrected chi connectivity index (χ1v) is 40.2. The first-order valence-electron chi connectivity index (χ1n) is 40.2. The van der Waals surface area contributed by atoms with E-state index in [2.05, 4.69) is 15.0 Å². The Kier molecular flexibility index (Phi) is 22.8. The van der Waals surface area contributed by atoms with E-state index >= 15 is 132 Å². The number of aromatic nitrogens is 2. The van der Waals surface area contributed by atoms with Crippen molar-refractivity contribution in [1.29, 1.82) is 0 Å². The molecule has 0 unspecified atom stereocenters. The van der Waals surface area contributed by atoms with Crippen molar-refractivity contribution in [2.24, 2.45) is 9.98 Å². The molecule has 6 N–H and O–H groups in total. The molecule has 0 aliphatic carbocycles. The molecule has 0 saturated carbocycles. The number of H-pyrrole nitrogens is 2. The fourth-order valence-electron chi connectivity index (χ4n) is 17.4. The van der Waals surface area contributed by atoms with Crippen LogP contribution in [0.15, 0.2) is 263 Å². The summed E-state index contributed by atoms with van der Waals surface area (Å²) in [7, 11) is 0. The lowest BCUT2D eigenvalue weighted by Gasteiger charge is -2.18. The maximum absolute atomic E-state index is 18.1. The van der Waals surface area contributed by atoms with Gasteiger partial charge in [-0.15, -0.1) is 0 Å². The van der Waals surface area contributed by atoms with Gasteiger partial charge in [0, 0.05) is 68.9 Å². The number of nitrogens with one attached hydrogen (secondary N) is 2. The molecule has 0 atom stereocenters. The third-order valence-electron chi connectivity index (χ3n) is 23.4. The molecule has 12 aromatic carbocycles. The minimum absolute atomic E-state index is 0.423. The number of nitrogens with two attached hydrogens (primary N) is 2. The van der Waals surface area contributed by atoms with Crippen LogP contribution in [0.3, 0.4) is 0 Å². The van der Waals surface area contributed by atoms with E-state index in [-0.39, 0.29) is 0 Å². The van der Waals surface area contributed by atoms with Crippen LogP contribution in [0.25, 0.3) is 89.1 Å². The Morgan fingerprint density at radius 1 is 0.188 bits per heavy atom. The van der Waals surface area contributed by atoms with Gasteiger partial charge in [-0.25, -0.2) is 142 Å². The summed E-state index contributed by atoms with van der Waals surface area (Å²) in [6.45, 7) is 0. The zero-order valence-electron chi connectivity index (χ0n) is 68.2. The highest BCUT2D eigenvalue weighted by Crippen LogP contribution is 2.54. The molecule has 19 rings (SSSR count). The summed E-state index contributed by atoms with van der Waals surface area (Å²) < 4.78 is 516. The summed E-state index contributed by atoms with van der Waals surface area (Å²) in [6.07, 6.45) is 3.09. The Bertz CT molecular complexity index is 8120. The molecular formula is C102H42F30N6+2. The second-order valence-electron chi connectivity index (χ2n) is 30.9. The molecule has 6 nitrogen and oxygen atoms in total. The summed E-state index contributed by atoms with van der Waals surface area (Å²) in [4.78, 5) is 14.3. The van der Waals surface area contributed by atoms with E-state index in [4.69, 9.17) is 4.99 Å². The zero-order valence-corrected chi connectivity index (χ0v) is 68.2. The Balaban J connectivity index is 1.13. The molecule has 5 aliphatic heterocycles. The summed E-state index contributed by atoms with van der Waals surface area (Å²) in [5.74, 6) is -86.6. The van der Waals surface area contributed by atoms with Crippen LogP contribution in [0.2, 0.25) is 0 Å². The van der Waals surface area contributed by atoms with Gasteiger partial charge in [0.1, 0.15) is 22.8 Å². The molecule has 0 radical (unpaired) electrons. The van der Waals surface area contributed by atoms with Crippen LogP contribution in [-0.4, -0.2) is 21.4 Å². The van der Waals surface area contributed by atoms with Gasteiger partial charge >= 0.3 is 0 Å². The second-order valence-corrected chi connectivity index (χ2v) is 30.9. The van der Waals surface area contributed by atoms with Crippen LogP contribution < -0.4 is 21.3 Å². The monoisotopic (exact) mass is 1920 g/mol. The highest BCUT2D eigenvalue weighted by Gasteiger charge is 2.47. The molecule has 0 fully saturated rings. The number of aliphatic imine (C=N–C) groups is 2. The first kappa shape index (κ1) is 90.9. The third-order valence-corrected chi connectivity index (χ3v) is 23.4. The van der Waals surface area contributed by atoms with Crippen molar-refractivity contribution in [3.63, 3.8) is 0 Å². The fraction of sp³-hybridized carbons (Fsp3) is 0. The molecular weight excluding hydrogens is 1880 g/mol. The van der Waals surface area contributed by atoms with Gasteiger partial charge in [-0.3, -0.25) is 10.6 Å². The first-order chi connectivity index (χ1) is 66.1. The maximum Gasteiger partial charge on any atom is 0.200 e. The highest BCUT2D eigenvalue weighted by molar-refractivity contribution is 6.52. The van der Waals surface area contributed by atoms with Crippen molar-refractivity contribution >= 4 is 56.0 Å². The van der Waals surface area contributed by atoms with Crippen LogP contribution in [0.1, 0.15) is 55.9 Å². The molecule has 36 heteroatoms. The molecule has 7 heterocycles. The van der Waals surface area contributed by atoms with Gasteiger partial charge in [0.2, 0.25) is 34.9 Å². The Morgan fingerprint density at radius 3 is 0.804 bits per heavy atom. The number of allylic oxidation sites excluding steroid dienone is 11. The number of rotatable bonds is 12. The Hall–Kier alpha value is -16.2. The van der Waals surface area contributed by atoms with Crippen LogP contribution in [0.4, 0.5) is 132 Å². The topological polar surface area (TPSA) is 89.5 Å². The minimum atomic E-state index is -2.95. The van der Waals surface area contributed by atoms with Crippen LogP contribution in [0, 0.1) is 175 Å². The lowest BCUT2D eigenvalue weighted by molar-refractivity contribution is -0.537. The molecule has 2 aromatic heterocycles. The van der Waals surface area contributed by atoms with Crippen LogP contribution in [0.5, 0.6) is 0 Å². The van der Waals surface area contributed by atoms with E-state index in [9.17, 15) is 0 Å². The van der Waals surface area contributed by atoms with Gasteiger partial charge in [0.15, 0.2) is 140 Å². The number of quaternary nitrogens is 2. The molecule has 5 aliphatic rings. The quantitative estimate of drug-likeness (QED) is 0.0533. The van der Waals surface area contributed by atoms with Crippen molar-refractivity contribution in [3.05, 3.63) is 494 Å². The van der Waals surface area contributed by atoms with Gasteiger partial charge < -0.3 is 9.97 Å². The summed E-state index contributed by atoms with van der Waals surface area (Å²) >= 11 is 0. The number of hydrogen-bond acceptors (Lipinski definition) is 2. The molecule has 0 saturated heterocycles. The summed E-state index contributed by atoms with van der Waals surface area (Å²) in [5.41, 5.74) is -43.1. The number of nitrogens with zero attached hydrogens (tertiary/aromatic N) is 2. The van der Waals surface area contributed by atoms with Gasteiger partial charge in [-0.1, -0.05) is 182 Å². The number of hydrogen-bond donors (Lipinski definition) is 4. The molecule has 14 aromatic rings. The predicted molar refractivity (Wildman–Crippen MR) is 444 cm³/mol. The van der Waals surface area contributed by atoms with Crippen molar-refractivity contribution in [3.8, 4) is 44.5 Å². The molecule has 138 heavy (non-hydrogen) atoms. The lowest BCUT2D eigenvalue weighted by atomic mass is 9.85. The molecule has 12 bridgehead atoms. The average Bonchev–Trinajstić information content (AvgIpc) is 1.56. The third kappa shape index (κ3) is 14.0. The second kappa shape index (κ2) is 34.6. The van der Waals surface area contributed by atoms with Crippen LogP contribution in [-0.2, 0) is 0 Å². The largest absolute Gasteiger partial charge is 0.353 e. The van der Waals surface area contributed by atoms with Gasteiger partial charge in [0.25, 0.3) is 0 Å². The van der Waals surface area contributed by atoms with Crippen molar-refractivity contribution in [2.75, 3.05) is 0 Å². The van der Waals surface area contributed by atoms with Gasteiger partial charge in [-0.2, -0.15) is 0 Å². The summed E-state index contributed by atoms with van der Waals surface area (Å²) in [6, 6.07) is 34.6. The Morgan fingerprint density at radius 2 is 0.449 bits per heavy atom. The van der Waals surface area contributed by atoms with Crippen molar-refractivity contribution in [1.82, 2.24) is 9.97 Å². The number of aromatic amines is 2. The van der Waals surface area contributed by atoms with Crippen molar-refractivity contribution < 1.29 is 142 Å². The van der Waals surface area contributed by atoms with E-state index in [1.165, 1.54) is 109 Å². The molecule has 688 valence electrons. The smallest absolute Gasteiger partial charge is 0.200 e. The minimum Gasteiger partial charge on any atom is -0.353 e. The van der Waals surface area contributed by atoms with E-state index in [1.54, 1.807) is 0 Å². The van der Waals surface area contributed by atoms with Gasteiger partial charge in [-0.05, 0) is 45.5 Å². The van der Waals surface area contributed by atoms with Crippen molar-refractivity contribution in [2.45, 2.75) is 0 Å². The standard InChI is InChI=1S/C102H40F30N6/c103-67-61(68(104)80(116)91(127)79(67)115)55-43-31-32-45(133-43)57(63-71(107)83(119)93(129)84(120)72(63)108)99-51(39-23-11-3-12-24-39)52(40-25-13-4-14-26-40)101(137-99)59(65-75(111)87(123)95(131)88(124)76(65)112)47-35-36-48(135-47)60(66-77(113)89(125)96(132)90(126)78(66)114)102-54(42-29-17-6-18-30-42)53(41-27-15-5-16-28-41)100(138-102)58(64-73(109)85(121)94(130)86(122)74(64)110)46-34-33-44(134-46)56(62-69(105)81(117)92(128)82(118)70(62)106)98-50(38-21-9-2-10-22-38)49(97(55)136-98)37-19-7-1-8-20-37/h1-36,133-134,137-138H/p+2. The zero-order chi connectivity index (χ0) is 97.8. The lowest BCUT2D eigenvalue weighted by Crippen LogP contribution is -2.79. The number of benzene rings is 12. The average molecular weight is 1920 g/mol. The number of fused-ring (bicyclic) bond motifs is 10. The van der Waals surface area contributed by atoms with E-state index in [0.29, 0.717) is 47.1 Å². The maximum atomic E-state index is 18.1. The normalized spacial score (nSPS) is 14.5. The van der Waals surface area contributed by atoms with Crippen LogP contribution >= 0.6 is 0 Å². The SMILES string of the molecule is Fc1c(F)c(F)c(C2=C3C=CC(=C(c4c(F)c(F)c(F)c(F)c4F)c4[nH]c(c(-c5ccccc5)c4-c4ccccc4)C(c4c(F)c(F)c(F)c(F)c4F)=C4C=CC(=N4)C(c4c(F)c(F)c(F)c(F)c4F)=c4[nH]c(c(-c5ccccc5)c4-c4ccccc4)=C(c4c(F)c(F)c(F)c(F)c4F)C4=CC=C([NH2+]4)C(c4c(F)c(F)c(F)c(F)c4F)=C4N=C2C(c2ccccc2)=C4c2ccccc2)[NH2+]3)c(F)c1F. The van der Waals surface area contributed by atoms with Gasteiger partial charge in [0.05, 0.1) is 101 Å². The fourth-order valence-corrected chi connectivity index (χ4v) is 17.4.